The standard InChI is InChI=1S/C21H29N3O4S/c1-21(2,3)28-20(25)24-14-12-23(13-15-24)11-10-22-29(26,27)19-9-8-17-6-4-5-7-18(17)16-19/h4-9,16,22H,10-15H2,1-3H3. The lowest BCUT2D eigenvalue weighted by molar-refractivity contribution is 0.0147. The first-order valence-corrected chi connectivity index (χ1v) is 11.3. The van der Waals surface area contributed by atoms with Crippen molar-refractivity contribution in [2.75, 3.05) is 39.3 Å². The van der Waals surface area contributed by atoms with E-state index in [0.29, 0.717) is 39.3 Å². The van der Waals surface area contributed by atoms with Crippen LogP contribution in [0.25, 0.3) is 10.8 Å². The van der Waals surface area contributed by atoms with Gasteiger partial charge in [-0.3, -0.25) is 4.90 Å². The third kappa shape index (κ3) is 5.91. The number of sulfonamides is 1. The molecule has 0 saturated carbocycles. The number of fused-ring (bicyclic) bond motifs is 1. The zero-order chi connectivity index (χ0) is 21.1. The second-order valence-corrected chi connectivity index (χ2v) is 9.98. The number of ether oxygens (including phenoxy) is 1. The van der Waals surface area contributed by atoms with Gasteiger partial charge in [-0.05, 0) is 43.7 Å². The summed E-state index contributed by atoms with van der Waals surface area (Å²) < 4.78 is 33.3. The van der Waals surface area contributed by atoms with Gasteiger partial charge in [0.25, 0.3) is 0 Å². The van der Waals surface area contributed by atoms with Crippen molar-refractivity contribution in [3.05, 3.63) is 42.5 Å². The Labute approximate surface area is 172 Å². The topological polar surface area (TPSA) is 79.0 Å². The molecular weight excluding hydrogens is 390 g/mol. The normalized spacial score (nSPS) is 16.2. The molecule has 2 aromatic carbocycles. The molecule has 1 heterocycles. The van der Waals surface area contributed by atoms with Gasteiger partial charge in [0.05, 0.1) is 4.90 Å². The molecule has 0 aliphatic carbocycles. The number of benzene rings is 2. The Morgan fingerprint density at radius 3 is 2.34 bits per heavy atom. The summed E-state index contributed by atoms with van der Waals surface area (Å²) in [4.78, 5) is 16.2. The van der Waals surface area contributed by atoms with E-state index in [4.69, 9.17) is 4.74 Å². The van der Waals surface area contributed by atoms with Crippen LogP contribution in [0.3, 0.4) is 0 Å². The van der Waals surface area contributed by atoms with E-state index < -0.39 is 15.6 Å². The maximum absolute atomic E-state index is 12.6. The molecule has 0 aromatic heterocycles. The lowest BCUT2D eigenvalue weighted by Crippen LogP contribution is -2.51. The third-order valence-electron chi connectivity index (χ3n) is 4.78. The second-order valence-electron chi connectivity index (χ2n) is 8.22. The lowest BCUT2D eigenvalue weighted by atomic mass is 10.1. The quantitative estimate of drug-likeness (QED) is 0.806. The Morgan fingerprint density at radius 2 is 1.69 bits per heavy atom. The summed E-state index contributed by atoms with van der Waals surface area (Å²) in [5.41, 5.74) is -0.505. The number of amides is 1. The minimum absolute atomic E-state index is 0.269. The molecule has 1 fully saturated rings. The van der Waals surface area contributed by atoms with Gasteiger partial charge in [0.1, 0.15) is 5.60 Å². The molecule has 0 radical (unpaired) electrons. The van der Waals surface area contributed by atoms with Gasteiger partial charge in [0, 0.05) is 39.3 Å². The predicted molar refractivity (Wildman–Crippen MR) is 113 cm³/mol. The maximum Gasteiger partial charge on any atom is 0.410 e. The van der Waals surface area contributed by atoms with Gasteiger partial charge in [0.2, 0.25) is 10.0 Å². The van der Waals surface area contributed by atoms with Crippen LogP contribution < -0.4 is 4.72 Å². The van der Waals surface area contributed by atoms with Crippen molar-refractivity contribution in [3.63, 3.8) is 0 Å². The third-order valence-corrected chi connectivity index (χ3v) is 6.23. The molecule has 0 spiro atoms. The fourth-order valence-electron chi connectivity index (χ4n) is 3.24. The van der Waals surface area contributed by atoms with Crippen LogP contribution in [0.1, 0.15) is 20.8 Å². The van der Waals surface area contributed by atoms with Gasteiger partial charge in [-0.1, -0.05) is 30.3 Å². The van der Waals surface area contributed by atoms with Crippen molar-refractivity contribution in [2.45, 2.75) is 31.3 Å². The Morgan fingerprint density at radius 1 is 1.03 bits per heavy atom. The molecule has 1 N–H and O–H groups in total. The zero-order valence-corrected chi connectivity index (χ0v) is 18.0. The smallest absolute Gasteiger partial charge is 0.410 e. The summed E-state index contributed by atoms with van der Waals surface area (Å²) >= 11 is 0. The number of hydrogen-bond acceptors (Lipinski definition) is 5. The van der Waals surface area contributed by atoms with E-state index in [9.17, 15) is 13.2 Å². The van der Waals surface area contributed by atoms with Gasteiger partial charge < -0.3 is 9.64 Å². The Kier molecular flexibility index (Phi) is 6.45. The average molecular weight is 420 g/mol. The summed E-state index contributed by atoms with van der Waals surface area (Å²) in [6, 6.07) is 12.8. The predicted octanol–water partition coefficient (Wildman–Crippen LogP) is 2.67. The summed E-state index contributed by atoms with van der Waals surface area (Å²) in [5, 5.41) is 1.91. The fraction of sp³-hybridized carbons (Fsp3) is 0.476. The van der Waals surface area contributed by atoms with Crippen molar-refractivity contribution >= 4 is 26.9 Å². The maximum atomic E-state index is 12.6. The Bertz CT molecular complexity index is 961. The number of carbonyl (C=O) groups is 1. The van der Waals surface area contributed by atoms with E-state index >= 15 is 0 Å². The van der Waals surface area contributed by atoms with Crippen molar-refractivity contribution < 1.29 is 17.9 Å². The average Bonchev–Trinajstić information content (AvgIpc) is 2.66. The van der Waals surface area contributed by atoms with Crippen molar-refractivity contribution in [1.82, 2.24) is 14.5 Å². The highest BCUT2D eigenvalue weighted by Crippen LogP contribution is 2.18. The molecule has 0 atom stereocenters. The largest absolute Gasteiger partial charge is 0.444 e. The molecule has 1 aliphatic rings. The highest BCUT2D eigenvalue weighted by molar-refractivity contribution is 7.89. The number of carbonyl (C=O) groups excluding carboxylic acids is 1. The molecule has 0 unspecified atom stereocenters. The first-order chi connectivity index (χ1) is 13.6. The minimum Gasteiger partial charge on any atom is -0.444 e. The highest BCUT2D eigenvalue weighted by atomic mass is 32.2. The van der Waals surface area contributed by atoms with E-state index in [2.05, 4.69) is 9.62 Å². The van der Waals surface area contributed by atoms with E-state index in [-0.39, 0.29) is 11.0 Å². The van der Waals surface area contributed by atoms with Crippen LogP contribution in [-0.4, -0.2) is 69.2 Å². The van der Waals surface area contributed by atoms with E-state index in [1.54, 1.807) is 17.0 Å². The number of hydrogen-bond donors (Lipinski definition) is 1. The minimum atomic E-state index is -3.56. The summed E-state index contributed by atoms with van der Waals surface area (Å²) in [7, 11) is -3.56. The molecule has 8 heteroatoms. The molecule has 29 heavy (non-hydrogen) atoms. The van der Waals surface area contributed by atoms with Gasteiger partial charge in [-0.15, -0.1) is 0 Å². The van der Waals surface area contributed by atoms with Crippen molar-refractivity contribution in [3.8, 4) is 0 Å². The van der Waals surface area contributed by atoms with Crippen molar-refractivity contribution in [1.29, 1.82) is 0 Å². The molecule has 158 valence electrons. The van der Waals surface area contributed by atoms with Crippen LogP contribution in [0.2, 0.25) is 0 Å². The SMILES string of the molecule is CC(C)(C)OC(=O)N1CCN(CCNS(=O)(=O)c2ccc3ccccc3c2)CC1. The van der Waals surface area contributed by atoms with Gasteiger partial charge in [-0.2, -0.15) is 0 Å². The molecular formula is C21H29N3O4S. The zero-order valence-electron chi connectivity index (χ0n) is 17.2. The van der Waals surface area contributed by atoms with E-state index in [1.165, 1.54) is 0 Å². The molecule has 1 saturated heterocycles. The summed E-state index contributed by atoms with van der Waals surface area (Å²) in [5.74, 6) is 0. The summed E-state index contributed by atoms with van der Waals surface area (Å²) in [6.45, 7) is 9.00. The van der Waals surface area contributed by atoms with Crippen LogP contribution in [-0.2, 0) is 14.8 Å². The number of piperazine rings is 1. The molecule has 1 amide bonds. The fourth-order valence-corrected chi connectivity index (χ4v) is 4.29. The van der Waals surface area contributed by atoms with Crippen LogP contribution >= 0.6 is 0 Å². The first-order valence-electron chi connectivity index (χ1n) is 9.83. The van der Waals surface area contributed by atoms with Gasteiger partial charge >= 0.3 is 6.09 Å². The monoisotopic (exact) mass is 419 g/mol. The van der Waals surface area contributed by atoms with Crippen LogP contribution in [0, 0.1) is 0 Å². The van der Waals surface area contributed by atoms with Crippen LogP contribution in [0.15, 0.2) is 47.4 Å². The van der Waals surface area contributed by atoms with E-state index in [1.807, 2.05) is 51.1 Å². The summed E-state index contributed by atoms with van der Waals surface area (Å²) in [6.07, 6.45) is -0.297. The van der Waals surface area contributed by atoms with Crippen molar-refractivity contribution in [2.24, 2.45) is 0 Å². The van der Waals surface area contributed by atoms with Gasteiger partial charge in [0.15, 0.2) is 0 Å². The Hall–Kier alpha value is -2.16. The van der Waals surface area contributed by atoms with Crippen LogP contribution in [0.5, 0.6) is 0 Å². The van der Waals surface area contributed by atoms with Crippen LogP contribution in [0.4, 0.5) is 4.79 Å². The number of rotatable bonds is 5. The number of nitrogens with one attached hydrogen (secondary N) is 1. The second kappa shape index (κ2) is 8.69. The Balaban J connectivity index is 1.48. The molecule has 1 aliphatic heterocycles. The first kappa shape index (κ1) is 21.5. The number of nitrogens with zero attached hydrogens (tertiary/aromatic N) is 2. The molecule has 3 rings (SSSR count). The van der Waals surface area contributed by atoms with E-state index in [0.717, 1.165) is 10.8 Å². The molecule has 2 aromatic rings. The highest BCUT2D eigenvalue weighted by Gasteiger charge is 2.25. The molecule has 7 nitrogen and oxygen atoms in total. The van der Waals surface area contributed by atoms with Gasteiger partial charge in [-0.25, -0.2) is 17.9 Å². The lowest BCUT2D eigenvalue weighted by Gasteiger charge is -2.35. The molecule has 0 bridgehead atoms.